The molecule has 1 N–H and O–H groups in total. The second kappa shape index (κ2) is 5.48. The van der Waals surface area contributed by atoms with Gasteiger partial charge in [0.1, 0.15) is 17.9 Å². The number of carbonyl (C=O) groups excluding carboxylic acids is 2. The molecule has 2 aromatic rings. The van der Waals surface area contributed by atoms with Gasteiger partial charge < -0.3 is 14.6 Å². The van der Waals surface area contributed by atoms with Crippen LogP contribution in [-0.4, -0.2) is 35.8 Å². The van der Waals surface area contributed by atoms with Crippen LogP contribution in [0.3, 0.4) is 0 Å². The Morgan fingerprint density at radius 1 is 1.32 bits per heavy atom. The minimum Gasteiger partial charge on any atom is -0.463 e. The number of aryl methyl sites for hydroxylation is 2. The summed E-state index contributed by atoms with van der Waals surface area (Å²) in [6, 6.07) is 3.45. The van der Waals surface area contributed by atoms with E-state index in [-0.39, 0.29) is 11.8 Å². The minimum atomic E-state index is -0.466. The van der Waals surface area contributed by atoms with Gasteiger partial charge in [0.05, 0.1) is 5.56 Å². The fourth-order valence-electron chi connectivity index (χ4n) is 2.83. The number of furan rings is 1. The van der Waals surface area contributed by atoms with Crippen LogP contribution in [0.4, 0.5) is 0 Å². The maximum Gasteiger partial charge on any atom is 0.258 e. The van der Waals surface area contributed by atoms with Crippen molar-refractivity contribution in [3.8, 4) is 0 Å². The average molecular weight is 300 g/mol. The van der Waals surface area contributed by atoms with Crippen LogP contribution in [0.15, 0.2) is 22.8 Å². The van der Waals surface area contributed by atoms with E-state index in [1.54, 1.807) is 11.8 Å². The average Bonchev–Trinajstić information content (AvgIpc) is 2.80. The van der Waals surface area contributed by atoms with Gasteiger partial charge in [0.25, 0.3) is 5.91 Å². The second-order valence-corrected chi connectivity index (χ2v) is 5.90. The first-order valence-corrected chi connectivity index (χ1v) is 7.56. The number of hydrogen-bond acceptors (Lipinski definition) is 3. The maximum absolute atomic E-state index is 12.9. The van der Waals surface area contributed by atoms with Gasteiger partial charge in [0.2, 0.25) is 5.91 Å². The Hall–Kier alpha value is -2.30. The van der Waals surface area contributed by atoms with Gasteiger partial charge in [-0.15, -0.1) is 0 Å². The van der Waals surface area contributed by atoms with Crippen molar-refractivity contribution in [1.82, 2.24) is 10.2 Å². The van der Waals surface area contributed by atoms with E-state index in [0.29, 0.717) is 24.2 Å². The number of rotatable bonds is 1. The molecule has 1 fully saturated rings. The van der Waals surface area contributed by atoms with Crippen molar-refractivity contribution in [2.45, 2.75) is 33.2 Å². The summed E-state index contributed by atoms with van der Waals surface area (Å²) in [4.78, 5) is 26.4. The van der Waals surface area contributed by atoms with E-state index in [1.807, 2.05) is 26.0 Å². The molecule has 3 rings (SSSR count). The monoisotopic (exact) mass is 300 g/mol. The summed E-state index contributed by atoms with van der Waals surface area (Å²) < 4.78 is 5.54. The van der Waals surface area contributed by atoms with E-state index in [9.17, 15) is 9.59 Å². The lowest BCUT2D eigenvalue weighted by Crippen LogP contribution is -2.45. The van der Waals surface area contributed by atoms with E-state index in [0.717, 1.165) is 22.9 Å². The van der Waals surface area contributed by atoms with Crippen molar-refractivity contribution in [1.29, 1.82) is 0 Å². The number of hydrogen-bond donors (Lipinski definition) is 1. The number of carbonyl (C=O) groups is 2. The summed E-state index contributed by atoms with van der Waals surface area (Å²) >= 11 is 0. The largest absolute Gasteiger partial charge is 0.463 e. The molecule has 116 valence electrons. The van der Waals surface area contributed by atoms with Crippen LogP contribution in [-0.2, 0) is 4.79 Å². The third-order valence-electron chi connectivity index (χ3n) is 4.40. The highest BCUT2D eigenvalue weighted by Gasteiger charge is 2.30. The highest BCUT2D eigenvalue weighted by atomic mass is 16.3. The van der Waals surface area contributed by atoms with Gasteiger partial charge in [-0.2, -0.15) is 0 Å². The minimum absolute atomic E-state index is 0.106. The summed E-state index contributed by atoms with van der Waals surface area (Å²) in [5.74, 6) is -0.253. The lowest BCUT2D eigenvalue weighted by molar-refractivity contribution is -0.124. The molecule has 2 amide bonds. The van der Waals surface area contributed by atoms with E-state index >= 15 is 0 Å². The van der Waals surface area contributed by atoms with Crippen LogP contribution in [0, 0.1) is 13.8 Å². The molecular formula is C17H20N2O3. The van der Waals surface area contributed by atoms with Crippen molar-refractivity contribution < 1.29 is 14.0 Å². The van der Waals surface area contributed by atoms with E-state index in [1.165, 1.54) is 6.26 Å². The van der Waals surface area contributed by atoms with Crippen LogP contribution in [0.5, 0.6) is 0 Å². The normalized spacial score (nSPS) is 19.1. The summed E-state index contributed by atoms with van der Waals surface area (Å²) in [7, 11) is 0. The Labute approximate surface area is 129 Å². The third-order valence-corrected chi connectivity index (χ3v) is 4.40. The van der Waals surface area contributed by atoms with Crippen LogP contribution < -0.4 is 5.32 Å². The van der Waals surface area contributed by atoms with Crippen molar-refractivity contribution in [3.63, 3.8) is 0 Å². The molecule has 0 saturated carbocycles. The van der Waals surface area contributed by atoms with Gasteiger partial charge in [-0.25, -0.2) is 0 Å². The van der Waals surface area contributed by atoms with Crippen LogP contribution in [0.2, 0.25) is 0 Å². The summed E-state index contributed by atoms with van der Waals surface area (Å²) in [5, 5.41) is 3.63. The number of amides is 2. The Morgan fingerprint density at radius 2 is 2.05 bits per heavy atom. The molecule has 1 aliphatic heterocycles. The molecule has 2 heterocycles. The highest BCUT2D eigenvalue weighted by molar-refractivity contribution is 6.07. The standard InChI is InChI=1S/C17H20N2O3/c1-10-7-13-14(9-22-15(13)8-11(10)2)17(21)19-6-4-5-18-16(20)12(19)3/h7-9,12H,4-6H2,1-3H3,(H,18,20)/t12-/m0/s1. The molecule has 1 aliphatic rings. The second-order valence-electron chi connectivity index (χ2n) is 5.90. The van der Waals surface area contributed by atoms with Gasteiger partial charge in [0, 0.05) is 18.5 Å². The molecule has 5 heteroatoms. The van der Waals surface area contributed by atoms with Crippen molar-refractivity contribution in [3.05, 3.63) is 35.1 Å². The Morgan fingerprint density at radius 3 is 2.82 bits per heavy atom. The molecule has 0 bridgehead atoms. The molecule has 0 radical (unpaired) electrons. The van der Waals surface area contributed by atoms with Crippen LogP contribution >= 0.6 is 0 Å². The molecule has 1 saturated heterocycles. The predicted molar refractivity (Wildman–Crippen MR) is 83.8 cm³/mol. The molecule has 5 nitrogen and oxygen atoms in total. The van der Waals surface area contributed by atoms with E-state index in [4.69, 9.17) is 4.42 Å². The number of fused-ring (bicyclic) bond motifs is 1. The summed E-state index contributed by atoms with van der Waals surface area (Å²) in [6.45, 7) is 6.96. The number of nitrogens with one attached hydrogen (secondary N) is 1. The number of nitrogens with zero attached hydrogens (tertiary/aromatic N) is 1. The molecular weight excluding hydrogens is 280 g/mol. The van der Waals surface area contributed by atoms with Gasteiger partial charge in [-0.05, 0) is 50.5 Å². The lowest BCUT2D eigenvalue weighted by atomic mass is 10.0. The van der Waals surface area contributed by atoms with Gasteiger partial charge in [0.15, 0.2) is 0 Å². The Bertz CT molecular complexity index is 748. The van der Waals surface area contributed by atoms with Crippen molar-refractivity contribution >= 4 is 22.8 Å². The summed E-state index contributed by atoms with van der Waals surface area (Å²) in [5.41, 5.74) is 3.48. The first-order valence-electron chi connectivity index (χ1n) is 7.56. The fraction of sp³-hybridized carbons (Fsp3) is 0.412. The number of benzene rings is 1. The first-order chi connectivity index (χ1) is 10.5. The Balaban J connectivity index is 2.01. The topological polar surface area (TPSA) is 62.6 Å². The van der Waals surface area contributed by atoms with Crippen molar-refractivity contribution in [2.75, 3.05) is 13.1 Å². The molecule has 22 heavy (non-hydrogen) atoms. The van der Waals surface area contributed by atoms with Crippen LogP contribution in [0.25, 0.3) is 11.0 Å². The highest BCUT2D eigenvalue weighted by Crippen LogP contribution is 2.26. The molecule has 1 aromatic carbocycles. The quantitative estimate of drug-likeness (QED) is 0.879. The van der Waals surface area contributed by atoms with Gasteiger partial charge >= 0.3 is 0 Å². The zero-order valence-electron chi connectivity index (χ0n) is 13.1. The zero-order chi connectivity index (χ0) is 15.9. The summed E-state index contributed by atoms with van der Waals surface area (Å²) in [6.07, 6.45) is 2.26. The fourth-order valence-corrected chi connectivity index (χ4v) is 2.83. The van der Waals surface area contributed by atoms with Gasteiger partial charge in [-0.1, -0.05) is 0 Å². The maximum atomic E-state index is 12.9. The molecule has 0 aliphatic carbocycles. The van der Waals surface area contributed by atoms with Gasteiger partial charge in [-0.3, -0.25) is 9.59 Å². The first kappa shape index (κ1) is 14.6. The third kappa shape index (κ3) is 2.36. The van der Waals surface area contributed by atoms with Crippen LogP contribution in [0.1, 0.15) is 34.8 Å². The van der Waals surface area contributed by atoms with E-state index < -0.39 is 6.04 Å². The van der Waals surface area contributed by atoms with Crippen molar-refractivity contribution in [2.24, 2.45) is 0 Å². The predicted octanol–water partition coefficient (Wildman–Crippen LogP) is 2.40. The molecule has 1 atom stereocenters. The smallest absolute Gasteiger partial charge is 0.258 e. The lowest BCUT2D eigenvalue weighted by Gasteiger charge is -2.25. The van der Waals surface area contributed by atoms with E-state index in [2.05, 4.69) is 5.32 Å². The molecule has 0 unspecified atom stereocenters. The molecule has 1 aromatic heterocycles. The SMILES string of the molecule is Cc1cc2occ(C(=O)N3CCCNC(=O)[C@@H]3C)c2cc1C. The zero-order valence-corrected chi connectivity index (χ0v) is 13.1. The molecule has 0 spiro atoms. The Kier molecular flexibility index (Phi) is 3.64.